The summed E-state index contributed by atoms with van der Waals surface area (Å²) in [6.07, 6.45) is 3.12. The molecule has 5 nitrogen and oxygen atoms in total. The summed E-state index contributed by atoms with van der Waals surface area (Å²) in [4.78, 5) is 28.3. The van der Waals surface area contributed by atoms with Crippen LogP contribution < -0.4 is 5.32 Å². The topological polar surface area (TPSA) is 62.3 Å². The number of nitrogens with zero attached hydrogens (tertiary/aromatic N) is 2. The van der Waals surface area contributed by atoms with Crippen molar-refractivity contribution < 1.29 is 9.59 Å². The quantitative estimate of drug-likeness (QED) is 0.682. The molecule has 2 heterocycles. The second-order valence-electron chi connectivity index (χ2n) is 3.32. The van der Waals surface area contributed by atoms with Crippen molar-refractivity contribution in [2.45, 2.75) is 0 Å². The molecule has 1 aliphatic rings. The van der Waals surface area contributed by atoms with E-state index in [0.29, 0.717) is 18.7 Å². The van der Waals surface area contributed by atoms with Gasteiger partial charge in [0.1, 0.15) is 0 Å². The molecule has 5 heteroatoms. The zero-order valence-corrected chi connectivity index (χ0v) is 8.14. The molecule has 0 radical (unpaired) electrons. The van der Waals surface area contributed by atoms with E-state index in [2.05, 4.69) is 10.3 Å². The van der Waals surface area contributed by atoms with Gasteiger partial charge in [0.2, 0.25) is 5.91 Å². The van der Waals surface area contributed by atoms with Crippen molar-refractivity contribution in [3.05, 3.63) is 30.1 Å². The zero-order valence-electron chi connectivity index (χ0n) is 8.14. The first-order valence-electron chi connectivity index (χ1n) is 4.73. The molecule has 0 spiro atoms. The second-order valence-corrected chi connectivity index (χ2v) is 3.32. The fourth-order valence-electron chi connectivity index (χ4n) is 1.48. The third-order valence-electron chi connectivity index (χ3n) is 2.23. The number of carbonyl (C=O) groups is 2. The van der Waals surface area contributed by atoms with Crippen LogP contribution in [0.2, 0.25) is 0 Å². The highest BCUT2D eigenvalue weighted by molar-refractivity contribution is 5.96. The van der Waals surface area contributed by atoms with Crippen LogP contribution in [0.1, 0.15) is 10.4 Å². The standard InChI is InChI=1S/C10H11N3O2/c14-9-7-13(5-4-12-9)10(15)8-2-1-3-11-6-8/h1-3,6H,4-5,7H2,(H,12,14). The van der Waals surface area contributed by atoms with E-state index >= 15 is 0 Å². The van der Waals surface area contributed by atoms with Crippen LogP contribution in [0.25, 0.3) is 0 Å². The van der Waals surface area contributed by atoms with E-state index in [1.54, 1.807) is 18.3 Å². The van der Waals surface area contributed by atoms with Gasteiger partial charge in [-0.1, -0.05) is 0 Å². The number of pyridine rings is 1. The Morgan fingerprint density at radius 1 is 1.53 bits per heavy atom. The van der Waals surface area contributed by atoms with Gasteiger partial charge in [-0.2, -0.15) is 0 Å². The minimum Gasteiger partial charge on any atom is -0.353 e. The lowest BCUT2D eigenvalue weighted by atomic mass is 10.2. The van der Waals surface area contributed by atoms with E-state index in [1.807, 2.05) is 0 Å². The van der Waals surface area contributed by atoms with Crippen LogP contribution in [0.4, 0.5) is 0 Å². The van der Waals surface area contributed by atoms with Crippen LogP contribution in [0.3, 0.4) is 0 Å². The molecule has 0 atom stereocenters. The monoisotopic (exact) mass is 205 g/mol. The molecule has 1 aromatic heterocycles. The van der Waals surface area contributed by atoms with Gasteiger partial charge in [0.25, 0.3) is 5.91 Å². The van der Waals surface area contributed by atoms with E-state index in [4.69, 9.17) is 0 Å². The molecule has 1 aliphatic heterocycles. The molecule has 0 aromatic carbocycles. The summed E-state index contributed by atoms with van der Waals surface area (Å²) in [5.41, 5.74) is 0.521. The van der Waals surface area contributed by atoms with Gasteiger partial charge in [0.15, 0.2) is 0 Å². The number of aromatic nitrogens is 1. The van der Waals surface area contributed by atoms with Gasteiger partial charge in [-0.05, 0) is 12.1 Å². The molecule has 78 valence electrons. The number of nitrogens with one attached hydrogen (secondary N) is 1. The lowest BCUT2D eigenvalue weighted by Crippen LogP contribution is -2.49. The van der Waals surface area contributed by atoms with Crippen molar-refractivity contribution >= 4 is 11.8 Å². The Morgan fingerprint density at radius 2 is 2.40 bits per heavy atom. The summed E-state index contributed by atoms with van der Waals surface area (Å²) in [5.74, 6) is -0.253. The fourth-order valence-corrected chi connectivity index (χ4v) is 1.48. The molecule has 0 unspecified atom stereocenters. The van der Waals surface area contributed by atoms with E-state index < -0.39 is 0 Å². The molecular weight excluding hydrogens is 194 g/mol. The maximum Gasteiger partial charge on any atom is 0.255 e. The number of piperazine rings is 1. The van der Waals surface area contributed by atoms with E-state index in [0.717, 1.165) is 0 Å². The van der Waals surface area contributed by atoms with Crippen LogP contribution in [-0.2, 0) is 4.79 Å². The van der Waals surface area contributed by atoms with Crippen LogP contribution in [0.15, 0.2) is 24.5 Å². The number of rotatable bonds is 1. The Balaban J connectivity index is 2.11. The van der Waals surface area contributed by atoms with E-state index in [1.165, 1.54) is 11.1 Å². The Labute approximate surface area is 87.1 Å². The Kier molecular flexibility index (Phi) is 2.62. The van der Waals surface area contributed by atoms with Gasteiger partial charge in [-0.25, -0.2) is 0 Å². The van der Waals surface area contributed by atoms with E-state index in [-0.39, 0.29) is 18.4 Å². The second kappa shape index (κ2) is 4.08. The molecule has 1 fully saturated rings. The highest BCUT2D eigenvalue weighted by Gasteiger charge is 2.21. The zero-order chi connectivity index (χ0) is 10.7. The van der Waals surface area contributed by atoms with Crippen molar-refractivity contribution in [2.24, 2.45) is 0 Å². The number of carbonyl (C=O) groups excluding carboxylic acids is 2. The first-order valence-corrected chi connectivity index (χ1v) is 4.73. The van der Waals surface area contributed by atoms with Gasteiger partial charge in [0.05, 0.1) is 12.1 Å². The molecule has 15 heavy (non-hydrogen) atoms. The number of hydrogen-bond donors (Lipinski definition) is 1. The molecule has 0 saturated carbocycles. The maximum atomic E-state index is 11.9. The third-order valence-corrected chi connectivity index (χ3v) is 2.23. The molecule has 2 amide bonds. The van der Waals surface area contributed by atoms with Gasteiger partial charge in [-0.3, -0.25) is 14.6 Å². The average molecular weight is 205 g/mol. The summed E-state index contributed by atoms with van der Waals surface area (Å²) in [5, 5.41) is 2.67. The molecule has 1 aromatic rings. The average Bonchev–Trinajstić information content (AvgIpc) is 2.29. The number of amides is 2. The maximum absolute atomic E-state index is 11.9. The SMILES string of the molecule is O=C1CN(C(=O)c2cccnc2)CCN1. The summed E-state index contributed by atoms with van der Waals surface area (Å²) >= 11 is 0. The van der Waals surface area contributed by atoms with Crippen molar-refractivity contribution in [1.29, 1.82) is 0 Å². The minimum absolute atomic E-state index is 0.113. The van der Waals surface area contributed by atoms with Gasteiger partial charge in [0, 0.05) is 25.5 Å². The Bertz CT molecular complexity index is 378. The van der Waals surface area contributed by atoms with Crippen LogP contribution in [-0.4, -0.2) is 41.3 Å². The van der Waals surface area contributed by atoms with Crippen molar-refractivity contribution in [2.75, 3.05) is 19.6 Å². The summed E-state index contributed by atoms with van der Waals surface area (Å²) in [6.45, 7) is 1.21. The van der Waals surface area contributed by atoms with E-state index in [9.17, 15) is 9.59 Å². The smallest absolute Gasteiger partial charge is 0.255 e. The largest absolute Gasteiger partial charge is 0.353 e. The fraction of sp³-hybridized carbons (Fsp3) is 0.300. The highest BCUT2D eigenvalue weighted by Crippen LogP contribution is 2.04. The molecular formula is C10H11N3O2. The summed E-state index contributed by atoms with van der Waals surface area (Å²) in [7, 11) is 0. The number of hydrogen-bond acceptors (Lipinski definition) is 3. The predicted octanol–water partition coefficient (Wildman–Crippen LogP) is -0.346. The normalized spacial score (nSPS) is 16.0. The lowest BCUT2D eigenvalue weighted by molar-refractivity contribution is -0.123. The van der Waals surface area contributed by atoms with Gasteiger partial charge in [-0.15, -0.1) is 0 Å². The summed E-state index contributed by atoms with van der Waals surface area (Å²) in [6, 6.07) is 3.40. The third kappa shape index (κ3) is 2.12. The summed E-state index contributed by atoms with van der Waals surface area (Å²) < 4.78 is 0. The Morgan fingerprint density at radius 3 is 3.07 bits per heavy atom. The molecule has 0 aliphatic carbocycles. The Hall–Kier alpha value is -1.91. The molecule has 1 saturated heterocycles. The lowest BCUT2D eigenvalue weighted by Gasteiger charge is -2.26. The highest BCUT2D eigenvalue weighted by atomic mass is 16.2. The van der Waals surface area contributed by atoms with Gasteiger partial charge < -0.3 is 10.2 Å². The first-order chi connectivity index (χ1) is 7.27. The van der Waals surface area contributed by atoms with Gasteiger partial charge >= 0.3 is 0 Å². The van der Waals surface area contributed by atoms with Crippen molar-refractivity contribution in [3.8, 4) is 0 Å². The molecule has 1 N–H and O–H groups in total. The van der Waals surface area contributed by atoms with Crippen LogP contribution >= 0.6 is 0 Å². The first kappa shape index (κ1) is 9.64. The van der Waals surface area contributed by atoms with Crippen molar-refractivity contribution in [1.82, 2.24) is 15.2 Å². The predicted molar refractivity (Wildman–Crippen MR) is 53.2 cm³/mol. The van der Waals surface area contributed by atoms with Crippen LogP contribution in [0.5, 0.6) is 0 Å². The van der Waals surface area contributed by atoms with Crippen LogP contribution in [0, 0.1) is 0 Å². The molecule has 0 bridgehead atoms. The molecule has 2 rings (SSSR count). The van der Waals surface area contributed by atoms with Crippen molar-refractivity contribution in [3.63, 3.8) is 0 Å². The minimum atomic E-state index is -0.141.